The van der Waals surface area contributed by atoms with Crippen molar-refractivity contribution >= 4 is 11.9 Å². The van der Waals surface area contributed by atoms with E-state index in [1.807, 2.05) is 4.90 Å². The van der Waals surface area contributed by atoms with Gasteiger partial charge in [-0.05, 0) is 56.1 Å². The quantitative estimate of drug-likeness (QED) is 0.882. The molecule has 0 spiro atoms. The molecule has 0 unspecified atom stereocenters. The Balaban J connectivity index is 1.37. The lowest BCUT2D eigenvalue weighted by Gasteiger charge is -2.31. The van der Waals surface area contributed by atoms with E-state index in [1.165, 1.54) is 11.1 Å². The smallest absolute Gasteiger partial charge is 0.315 e. The highest BCUT2D eigenvalue weighted by Crippen LogP contribution is 2.29. The van der Waals surface area contributed by atoms with Crippen molar-refractivity contribution < 1.29 is 9.59 Å². The van der Waals surface area contributed by atoms with E-state index in [0.717, 1.165) is 45.2 Å². The summed E-state index contributed by atoms with van der Waals surface area (Å²) in [6.45, 7) is 6.14. The molecule has 5 heteroatoms. The van der Waals surface area contributed by atoms with E-state index < -0.39 is 0 Å². The number of hydrogen-bond donors (Lipinski definition) is 2. The van der Waals surface area contributed by atoms with Crippen molar-refractivity contribution in [1.82, 2.24) is 15.5 Å². The predicted octanol–water partition coefficient (Wildman–Crippen LogP) is 2.49. The molecule has 1 aliphatic carbocycles. The summed E-state index contributed by atoms with van der Waals surface area (Å²) in [6.07, 6.45) is 4.84. The third kappa shape index (κ3) is 4.53. The van der Waals surface area contributed by atoms with Crippen molar-refractivity contribution in [1.29, 1.82) is 0 Å². The number of benzene rings is 1. The summed E-state index contributed by atoms with van der Waals surface area (Å²) < 4.78 is 0. The number of amides is 3. The first kappa shape index (κ1) is 17.8. The molecule has 0 aromatic heterocycles. The molecule has 1 saturated heterocycles. The van der Waals surface area contributed by atoms with Gasteiger partial charge in [0.15, 0.2) is 0 Å². The first-order valence-corrected chi connectivity index (χ1v) is 9.33. The molecule has 1 aromatic rings. The van der Waals surface area contributed by atoms with Crippen LogP contribution in [-0.4, -0.2) is 42.0 Å². The standard InChI is InChI=1S/C20H29N3O2/c1-15(24)23-11-8-16(9-12-23)7-10-21-19(25)22-20(2)13-17-5-3-4-6-18(17)14-20/h3-6,16H,7-14H2,1-2H3,(H2,21,22,25). The van der Waals surface area contributed by atoms with Crippen LogP contribution in [-0.2, 0) is 17.6 Å². The maximum atomic E-state index is 12.3. The van der Waals surface area contributed by atoms with Gasteiger partial charge in [-0.2, -0.15) is 0 Å². The number of likely N-dealkylation sites (tertiary alicyclic amines) is 1. The Kier molecular flexibility index (Phi) is 5.30. The third-order valence-electron chi connectivity index (χ3n) is 5.59. The summed E-state index contributed by atoms with van der Waals surface area (Å²) >= 11 is 0. The molecule has 0 bridgehead atoms. The van der Waals surface area contributed by atoms with E-state index in [2.05, 4.69) is 41.8 Å². The minimum atomic E-state index is -0.194. The molecule has 1 aromatic carbocycles. The molecule has 2 aliphatic rings. The maximum absolute atomic E-state index is 12.3. The number of piperidine rings is 1. The molecule has 1 fully saturated rings. The summed E-state index contributed by atoms with van der Waals surface area (Å²) in [4.78, 5) is 25.5. The number of carbonyl (C=O) groups excluding carboxylic acids is 2. The first-order valence-electron chi connectivity index (χ1n) is 9.33. The van der Waals surface area contributed by atoms with Crippen LogP contribution in [0.1, 0.15) is 44.2 Å². The third-order valence-corrected chi connectivity index (χ3v) is 5.59. The molecule has 0 atom stereocenters. The Bertz CT molecular complexity index is 611. The van der Waals surface area contributed by atoms with E-state index in [9.17, 15) is 9.59 Å². The van der Waals surface area contributed by atoms with Gasteiger partial charge in [0.1, 0.15) is 0 Å². The second-order valence-electron chi connectivity index (χ2n) is 7.80. The van der Waals surface area contributed by atoms with Crippen LogP contribution < -0.4 is 10.6 Å². The van der Waals surface area contributed by atoms with E-state index in [-0.39, 0.29) is 17.5 Å². The monoisotopic (exact) mass is 343 g/mol. The van der Waals surface area contributed by atoms with Gasteiger partial charge in [-0.3, -0.25) is 4.79 Å². The Labute approximate surface area is 150 Å². The number of nitrogens with zero attached hydrogens (tertiary/aromatic N) is 1. The normalized spacial score (nSPS) is 19.4. The van der Waals surface area contributed by atoms with Gasteiger partial charge < -0.3 is 15.5 Å². The van der Waals surface area contributed by atoms with E-state index >= 15 is 0 Å². The van der Waals surface area contributed by atoms with Crippen molar-refractivity contribution in [2.24, 2.45) is 5.92 Å². The van der Waals surface area contributed by atoms with Gasteiger partial charge in [-0.25, -0.2) is 4.79 Å². The highest BCUT2D eigenvalue weighted by molar-refractivity contribution is 5.75. The first-order chi connectivity index (χ1) is 12.0. The highest BCUT2D eigenvalue weighted by Gasteiger charge is 2.33. The maximum Gasteiger partial charge on any atom is 0.315 e. The zero-order valence-electron chi connectivity index (χ0n) is 15.3. The Morgan fingerprint density at radius 2 is 1.76 bits per heavy atom. The van der Waals surface area contributed by atoms with Gasteiger partial charge >= 0.3 is 6.03 Å². The van der Waals surface area contributed by atoms with Gasteiger partial charge in [0.05, 0.1) is 0 Å². The minimum absolute atomic E-state index is 0.0727. The van der Waals surface area contributed by atoms with Gasteiger partial charge in [0.2, 0.25) is 5.91 Å². The number of carbonyl (C=O) groups is 2. The Morgan fingerprint density at radius 1 is 1.16 bits per heavy atom. The summed E-state index contributed by atoms with van der Waals surface area (Å²) in [5.74, 6) is 0.768. The Hall–Kier alpha value is -2.04. The highest BCUT2D eigenvalue weighted by atomic mass is 16.2. The van der Waals surface area contributed by atoms with Crippen molar-refractivity contribution in [2.75, 3.05) is 19.6 Å². The fraction of sp³-hybridized carbons (Fsp3) is 0.600. The van der Waals surface area contributed by atoms with Crippen LogP contribution in [0.15, 0.2) is 24.3 Å². The minimum Gasteiger partial charge on any atom is -0.343 e. The predicted molar refractivity (Wildman–Crippen MR) is 98.4 cm³/mol. The topological polar surface area (TPSA) is 61.4 Å². The zero-order valence-corrected chi connectivity index (χ0v) is 15.3. The van der Waals surface area contributed by atoms with Crippen LogP contribution >= 0.6 is 0 Å². The molecule has 0 saturated carbocycles. The molecule has 3 amide bonds. The number of fused-ring (bicyclic) bond motifs is 1. The molecule has 2 N–H and O–H groups in total. The fourth-order valence-electron chi connectivity index (χ4n) is 4.14. The average molecular weight is 343 g/mol. The van der Waals surface area contributed by atoms with Gasteiger partial charge in [-0.15, -0.1) is 0 Å². The number of hydrogen-bond acceptors (Lipinski definition) is 2. The molecule has 0 radical (unpaired) electrons. The van der Waals surface area contributed by atoms with Crippen LogP contribution in [0, 0.1) is 5.92 Å². The molecule has 5 nitrogen and oxygen atoms in total. The second-order valence-corrected chi connectivity index (χ2v) is 7.80. The van der Waals surface area contributed by atoms with Crippen molar-refractivity contribution in [3.63, 3.8) is 0 Å². The van der Waals surface area contributed by atoms with Crippen LogP contribution in [0.5, 0.6) is 0 Å². The number of rotatable bonds is 4. The van der Waals surface area contributed by atoms with Crippen LogP contribution in [0.25, 0.3) is 0 Å². The molecule has 136 valence electrons. The van der Waals surface area contributed by atoms with Gasteiger partial charge in [-0.1, -0.05) is 24.3 Å². The molecular formula is C20H29N3O2. The lowest BCUT2D eigenvalue weighted by molar-refractivity contribution is -0.130. The van der Waals surface area contributed by atoms with E-state index in [1.54, 1.807) is 6.92 Å². The van der Waals surface area contributed by atoms with E-state index in [4.69, 9.17) is 0 Å². The lowest BCUT2D eigenvalue weighted by Crippen LogP contribution is -2.51. The SMILES string of the molecule is CC(=O)N1CCC(CCNC(=O)NC2(C)Cc3ccccc3C2)CC1. The van der Waals surface area contributed by atoms with Gasteiger partial charge in [0.25, 0.3) is 0 Å². The summed E-state index contributed by atoms with van der Waals surface area (Å²) in [5.41, 5.74) is 2.48. The second kappa shape index (κ2) is 7.46. The zero-order chi connectivity index (χ0) is 17.9. The molecule has 25 heavy (non-hydrogen) atoms. The average Bonchev–Trinajstić information content (AvgIpc) is 2.90. The summed E-state index contributed by atoms with van der Waals surface area (Å²) in [6, 6.07) is 8.34. The molecule has 3 rings (SSSR count). The molecule has 1 heterocycles. The van der Waals surface area contributed by atoms with Crippen molar-refractivity contribution in [3.8, 4) is 0 Å². The number of nitrogens with one attached hydrogen (secondary N) is 2. The fourth-order valence-corrected chi connectivity index (χ4v) is 4.14. The van der Waals surface area contributed by atoms with E-state index in [0.29, 0.717) is 12.5 Å². The largest absolute Gasteiger partial charge is 0.343 e. The van der Waals surface area contributed by atoms with Crippen molar-refractivity contribution in [2.45, 2.75) is 51.5 Å². The summed E-state index contributed by atoms with van der Waals surface area (Å²) in [5, 5.41) is 6.17. The van der Waals surface area contributed by atoms with Crippen molar-refractivity contribution in [3.05, 3.63) is 35.4 Å². The van der Waals surface area contributed by atoms with Crippen LogP contribution in [0.2, 0.25) is 0 Å². The van der Waals surface area contributed by atoms with Crippen LogP contribution in [0.3, 0.4) is 0 Å². The lowest BCUT2D eigenvalue weighted by atomic mass is 9.93. The summed E-state index contributed by atoms with van der Waals surface area (Å²) in [7, 11) is 0. The molecule has 1 aliphatic heterocycles. The van der Waals surface area contributed by atoms with Crippen LogP contribution in [0.4, 0.5) is 4.79 Å². The molecular weight excluding hydrogens is 314 g/mol. The number of urea groups is 1. The Morgan fingerprint density at radius 3 is 2.32 bits per heavy atom. The van der Waals surface area contributed by atoms with Gasteiger partial charge in [0, 0.05) is 32.1 Å².